The number of hydrogen-bond acceptors (Lipinski definition) is 7. The Labute approximate surface area is 298 Å². The minimum absolute atomic E-state index is 0. The molecule has 0 radical (unpaired) electrons. The van der Waals surface area contributed by atoms with E-state index in [9.17, 15) is 25.9 Å². The molecule has 0 amide bonds. The predicted molar refractivity (Wildman–Crippen MR) is 181 cm³/mol. The topological polar surface area (TPSA) is 121 Å². The average molecular weight is 679 g/mol. The zero-order valence-corrected chi connectivity index (χ0v) is 30.3. The Morgan fingerprint density at radius 1 is 0.638 bits per heavy atom. The van der Waals surface area contributed by atoms with Gasteiger partial charge in [0.2, 0.25) is 0 Å². The standard InChI is InChI=1S/C35H33N3O6S2.Na/c1-36(2)28-17-11-25(12-18-28)35(26-13-19-29(20-14-26)37(3)31-7-5-9-33(23-31)45(39,40)41)27-15-21-30(22-16-27)38(4)32-8-6-10-34(24-32)46(42,43)44;/h5-24H,1-4H3,(H-,39,40,41,42,43,44);/q;+1. The molecule has 5 rings (SSSR count). The Hall–Kier alpha value is -3.81. The van der Waals surface area contributed by atoms with E-state index >= 15 is 0 Å². The molecular weight excluding hydrogens is 646 g/mol. The molecular formula is C35H33N3NaO6S2+. The van der Waals surface area contributed by atoms with E-state index in [0.717, 1.165) is 39.4 Å². The molecule has 1 aliphatic rings. The number of rotatable bonds is 8. The monoisotopic (exact) mass is 678 g/mol. The van der Waals surface area contributed by atoms with Crippen LogP contribution in [-0.2, 0) is 20.2 Å². The van der Waals surface area contributed by atoms with Crippen LogP contribution >= 0.6 is 0 Å². The molecule has 1 N–H and O–H groups in total. The molecule has 0 atom stereocenters. The van der Waals surface area contributed by atoms with Crippen LogP contribution in [0, 0.1) is 0 Å². The summed E-state index contributed by atoms with van der Waals surface area (Å²) in [6.45, 7) is 0. The molecule has 4 aromatic rings. The number of allylic oxidation sites excluding steroid dienone is 5. The normalized spacial score (nSPS) is 12.8. The van der Waals surface area contributed by atoms with Crippen LogP contribution in [0.2, 0.25) is 0 Å². The van der Waals surface area contributed by atoms with Crippen molar-refractivity contribution in [2.45, 2.75) is 9.79 Å². The van der Waals surface area contributed by atoms with Crippen LogP contribution in [-0.4, -0.2) is 64.4 Å². The molecule has 12 heteroatoms. The van der Waals surface area contributed by atoms with Gasteiger partial charge in [0, 0.05) is 49.0 Å². The van der Waals surface area contributed by atoms with Crippen molar-refractivity contribution in [2.75, 3.05) is 38.0 Å². The van der Waals surface area contributed by atoms with Crippen LogP contribution in [0.25, 0.3) is 5.57 Å². The summed E-state index contributed by atoms with van der Waals surface area (Å²) in [5.41, 5.74) is 7.74. The fourth-order valence-electron chi connectivity index (χ4n) is 5.13. The third-order valence-electron chi connectivity index (χ3n) is 7.76. The quantitative estimate of drug-likeness (QED) is 0.172. The third kappa shape index (κ3) is 8.38. The number of nitrogens with zero attached hydrogens (tertiary/aromatic N) is 3. The third-order valence-corrected chi connectivity index (χ3v) is 9.44. The summed E-state index contributed by atoms with van der Waals surface area (Å²) in [5.74, 6) is 0. The molecule has 0 spiro atoms. The van der Waals surface area contributed by atoms with Gasteiger partial charge in [-0.1, -0.05) is 36.4 Å². The van der Waals surface area contributed by atoms with Crippen LogP contribution in [0.15, 0.2) is 137 Å². The molecule has 47 heavy (non-hydrogen) atoms. The second-order valence-corrected chi connectivity index (χ2v) is 13.8. The van der Waals surface area contributed by atoms with E-state index in [0.29, 0.717) is 11.4 Å². The molecule has 0 heterocycles. The van der Waals surface area contributed by atoms with Crippen molar-refractivity contribution in [1.82, 2.24) is 0 Å². The van der Waals surface area contributed by atoms with Gasteiger partial charge < -0.3 is 14.4 Å². The minimum atomic E-state index is -4.58. The summed E-state index contributed by atoms with van der Waals surface area (Å²) in [6, 6.07) is 27.8. The molecule has 0 saturated heterocycles. The summed E-state index contributed by atoms with van der Waals surface area (Å²) in [4.78, 5) is 3.18. The van der Waals surface area contributed by atoms with Crippen molar-refractivity contribution >= 4 is 54.3 Å². The maximum atomic E-state index is 11.7. The van der Waals surface area contributed by atoms with Crippen LogP contribution in [0.1, 0.15) is 11.1 Å². The first-order valence-electron chi connectivity index (χ1n) is 14.2. The minimum Gasteiger partial charge on any atom is -0.744 e. The van der Waals surface area contributed by atoms with Crippen molar-refractivity contribution in [1.29, 1.82) is 0 Å². The number of anilines is 4. The van der Waals surface area contributed by atoms with Gasteiger partial charge in [-0.05, 0) is 95.1 Å². The van der Waals surface area contributed by atoms with Gasteiger partial charge in [0.05, 0.1) is 9.79 Å². The SMILES string of the molecule is CN(c1ccc(C(=C2C=CC(=[N+](C)C)C=C2)c2ccc(N(C)c3cccc(S(=O)(=O)O)c3)cc2)cc1)c1cccc(S(=O)(=O)[O-])c1.[Na+]. The van der Waals surface area contributed by atoms with E-state index in [-0.39, 0.29) is 39.3 Å². The van der Waals surface area contributed by atoms with Crippen molar-refractivity contribution in [3.05, 3.63) is 138 Å². The fourth-order valence-corrected chi connectivity index (χ4v) is 6.16. The van der Waals surface area contributed by atoms with Crippen molar-refractivity contribution in [3.8, 4) is 0 Å². The van der Waals surface area contributed by atoms with Gasteiger partial charge in [-0.25, -0.2) is 13.0 Å². The zero-order valence-electron chi connectivity index (χ0n) is 26.7. The van der Waals surface area contributed by atoms with Gasteiger partial charge in [0.1, 0.15) is 24.2 Å². The van der Waals surface area contributed by atoms with Crippen LogP contribution in [0.5, 0.6) is 0 Å². The summed E-state index contributed by atoms with van der Waals surface area (Å²) >= 11 is 0. The Bertz CT molecular complexity index is 1990. The number of benzene rings is 4. The van der Waals surface area contributed by atoms with Crippen molar-refractivity contribution < 1.29 is 60.1 Å². The molecule has 236 valence electrons. The van der Waals surface area contributed by atoms with Gasteiger partial charge in [-0.3, -0.25) is 4.55 Å². The van der Waals surface area contributed by atoms with Crippen LogP contribution < -0.4 is 39.4 Å². The van der Waals surface area contributed by atoms with Crippen LogP contribution in [0.4, 0.5) is 22.7 Å². The van der Waals surface area contributed by atoms with E-state index in [1.807, 2.05) is 84.0 Å². The van der Waals surface area contributed by atoms with E-state index in [1.54, 1.807) is 31.3 Å². The maximum Gasteiger partial charge on any atom is 1.00 e. The molecule has 0 unspecified atom stereocenters. The van der Waals surface area contributed by atoms with Gasteiger partial charge in [-0.2, -0.15) is 8.42 Å². The van der Waals surface area contributed by atoms with E-state index in [4.69, 9.17) is 0 Å². The van der Waals surface area contributed by atoms with Crippen molar-refractivity contribution in [2.24, 2.45) is 0 Å². The van der Waals surface area contributed by atoms with Crippen LogP contribution in [0.3, 0.4) is 0 Å². The second-order valence-electron chi connectivity index (χ2n) is 11.0. The Kier molecular flexibility index (Phi) is 11.1. The molecule has 1 aliphatic carbocycles. The first-order chi connectivity index (χ1) is 21.7. The largest absolute Gasteiger partial charge is 1.00 e. The Balaban J connectivity index is 0.00000500. The summed E-state index contributed by atoms with van der Waals surface area (Å²) in [5, 5.41) is 0. The van der Waals surface area contributed by atoms with Gasteiger partial charge in [0.15, 0.2) is 5.71 Å². The van der Waals surface area contributed by atoms with Crippen molar-refractivity contribution in [3.63, 3.8) is 0 Å². The first kappa shape index (κ1) is 36.0. The van der Waals surface area contributed by atoms with Gasteiger partial charge in [-0.15, -0.1) is 0 Å². The van der Waals surface area contributed by atoms with Gasteiger partial charge in [0.25, 0.3) is 10.1 Å². The second kappa shape index (κ2) is 14.5. The maximum absolute atomic E-state index is 11.7. The number of hydrogen-bond donors (Lipinski definition) is 1. The molecule has 0 aliphatic heterocycles. The summed E-state index contributed by atoms with van der Waals surface area (Å²) < 4.78 is 69.5. The molecule has 4 aromatic carbocycles. The predicted octanol–water partition coefficient (Wildman–Crippen LogP) is 3.02. The Morgan fingerprint density at radius 2 is 1.06 bits per heavy atom. The fraction of sp³-hybridized carbons (Fsp3) is 0.114. The Morgan fingerprint density at radius 3 is 1.47 bits per heavy atom. The van der Waals surface area contributed by atoms with E-state index < -0.39 is 20.2 Å². The van der Waals surface area contributed by atoms with E-state index in [2.05, 4.69) is 24.3 Å². The first-order valence-corrected chi connectivity index (χ1v) is 17.0. The van der Waals surface area contributed by atoms with E-state index in [1.165, 1.54) is 24.3 Å². The zero-order chi connectivity index (χ0) is 33.2. The smallest absolute Gasteiger partial charge is 0.744 e. The summed E-state index contributed by atoms with van der Waals surface area (Å²) in [7, 11) is -1.33. The molecule has 0 fully saturated rings. The van der Waals surface area contributed by atoms with Gasteiger partial charge >= 0.3 is 29.6 Å². The summed E-state index contributed by atoms with van der Waals surface area (Å²) in [6.07, 6.45) is 8.25. The average Bonchev–Trinajstić information content (AvgIpc) is 3.04. The molecule has 0 aromatic heterocycles. The molecule has 0 bridgehead atoms. The molecule has 0 saturated carbocycles. The molecule has 9 nitrogen and oxygen atoms in total.